The maximum atomic E-state index is 12.7. The number of morpholine rings is 1. The van der Waals surface area contributed by atoms with Crippen molar-refractivity contribution in [3.05, 3.63) is 59.7 Å². The van der Waals surface area contributed by atoms with Gasteiger partial charge in [0.1, 0.15) is 6.61 Å². The summed E-state index contributed by atoms with van der Waals surface area (Å²) in [5.41, 5.74) is 0.309. The fraction of sp³-hybridized carbons (Fsp3) is 0.500. The first-order valence-corrected chi connectivity index (χ1v) is 10.4. The van der Waals surface area contributed by atoms with E-state index in [1.807, 2.05) is 18.2 Å². The van der Waals surface area contributed by atoms with Crippen molar-refractivity contribution in [1.82, 2.24) is 19.8 Å². The first kappa shape index (κ1) is 21.7. The van der Waals surface area contributed by atoms with Crippen LogP contribution in [0.3, 0.4) is 0 Å². The third-order valence-electron chi connectivity index (χ3n) is 6.02. The van der Waals surface area contributed by atoms with Gasteiger partial charge in [0.25, 0.3) is 0 Å². The quantitative estimate of drug-likeness (QED) is 0.724. The molecule has 0 unspecified atom stereocenters. The standard InChI is InChI=1S/C22H25F3N4O2/c23-22(24,25)17-4-5-19(27-13-17)14-29-16-21(31-15-20(29)30)7-11-28(12-8-21)10-6-18-3-1-2-9-26-18/h1-5,9,13H,6-8,10-12,14-16H2. The molecule has 1 amide bonds. The molecule has 4 heterocycles. The Labute approximate surface area is 179 Å². The number of hydrogen-bond donors (Lipinski definition) is 0. The van der Waals surface area contributed by atoms with Gasteiger partial charge < -0.3 is 14.5 Å². The van der Waals surface area contributed by atoms with Crippen molar-refractivity contribution in [2.45, 2.75) is 37.6 Å². The molecular weight excluding hydrogens is 409 g/mol. The fourth-order valence-corrected chi connectivity index (χ4v) is 4.12. The zero-order valence-corrected chi connectivity index (χ0v) is 17.1. The van der Waals surface area contributed by atoms with E-state index >= 15 is 0 Å². The zero-order chi connectivity index (χ0) is 21.9. The monoisotopic (exact) mass is 434 g/mol. The average molecular weight is 434 g/mol. The van der Waals surface area contributed by atoms with Crippen molar-refractivity contribution >= 4 is 5.91 Å². The van der Waals surface area contributed by atoms with Gasteiger partial charge in [-0.15, -0.1) is 0 Å². The van der Waals surface area contributed by atoms with Gasteiger partial charge >= 0.3 is 6.18 Å². The lowest BCUT2D eigenvalue weighted by molar-refractivity contribution is -0.172. The molecule has 4 rings (SSSR count). The van der Waals surface area contributed by atoms with Gasteiger partial charge in [0, 0.05) is 44.1 Å². The lowest BCUT2D eigenvalue weighted by Crippen LogP contribution is -2.58. The Balaban J connectivity index is 1.32. The molecule has 0 saturated carbocycles. The fourth-order valence-electron chi connectivity index (χ4n) is 4.12. The SMILES string of the molecule is O=C1COC2(CCN(CCc3ccccn3)CC2)CN1Cc1ccc(C(F)(F)F)cn1. The molecule has 6 nitrogen and oxygen atoms in total. The van der Waals surface area contributed by atoms with E-state index in [2.05, 4.69) is 14.9 Å². The van der Waals surface area contributed by atoms with E-state index in [1.54, 1.807) is 11.1 Å². The van der Waals surface area contributed by atoms with Crippen molar-refractivity contribution in [2.75, 3.05) is 32.8 Å². The van der Waals surface area contributed by atoms with E-state index in [9.17, 15) is 18.0 Å². The van der Waals surface area contributed by atoms with Crippen LogP contribution < -0.4 is 0 Å². The molecule has 2 saturated heterocycles. The predicted molar refractivity (Wildman–Crippen MR) is 107 cm³/mol. The van der Waals surface area contributed by atoms with Crippen LogP contribution in [0.4, 0.5) is 13.2 Å². The van der Waals surface area contributed by atoms with Crippen LogP contribution in [-0.4, -0.2) is 64.1 Å². The summed E-state index contributed by atoms with van der Waals surface area (Å²) >= 11 is 0. The minimum Gasteiger partial charge on any atom is -0.363 e. The second-order valence-electron chi connectivity index (χ2n) is 8.17. The molecule has 2 aliphatic rings. The minimum atomic E-state index is -4.42. The number of rotatable bonds is 5. The van der Waals surface area contributed by atoms with Crippen LogP contribution >= 0.6 is 0 Å². The van der Waals surface area contributed by atoms with E-state index in [-0.39, 0.29) is 19.1 Å². The maximum Gasteiger partial charge on any atom is 0.417 e. The maximum absolute atomic E-state index is 12.7. The van der Waals surface area contributed by atoms with Crippen LogP contribution in [0, 0.1) is 0 Å². The third-order valence-corrected chi connectivity index (χ3v) is 6.02. The number of aromatic nitrogens is 2. The highest BCUT2D eigenvalue weighted by Gasteiger charge is 2.42. The Hall–Kier alpha value is -2.52. The van der Waals surface area contributed by atoms with E-state index in [4.69, 9.17) is 4.74 Å². The Morgan fingerprint density at radius 1 is 1.06 bits per heavy atom. The summed E-state index contributed by atoms with van der Waals surface area (Å²) in [5.74, 6) is -0.162. The highest BCUT2D eigenvalue weighted by atomic mass is 19.4. The Morgan fingerprint density at radius 3 is 2.52 bits per heavy atom. The van der Waals surface area contributed by atoms with Crippen molar-refractivity contribution < 1.29 is 22.7 Å². The highest BCUT2D eigenvalue weighted by Crippen LogP contribution is 2.32. The molecule has 31 heavy (non-hydrogen) atoms. The molecule has 1 spiro atoms. The van der Waals surface area contributed by atoms with E-state index in [0.29, 0.717) is 12.2 Å². The predicted octanol–water partition coefficient (Wildman–Crippen LogP) is 2.93. The number of carbonyl (C=O) groups excluding carboxylic acids is 1. The number of nitrogens with zero attached hydrogens (tertiary/aromatic N) is 4. The molecule has 2 fully saturated rings. The van der Waals surface area contributed by atoms with Gasteiger partial charge in [0.15, 0.2) is 0 Å². The van der Waals surface area contributed by atoms with Gasteiger partial charge in [-0.2, -0.15) is 13.2 Å². The molecular formula is C22H25F3N4O2. The van der Waals surface area contributed by atoms with Gasteiger partial charge in [-0.05, 0) is 37.1 Å². The lowest BCUT2D eigenvalue weighted by Gasteiger charge is -2.47. The number of halogens is 3. The van der Waals surface area contributed by atoms with E-state index in [1.165, 1.54) is 6.07 Å². The van der Waals surface area contributed by atoms with Gasteiger partial charge in [0.05, 0.1) is 29.9 Å². The number of amides is 1. The molecule has 2 aromatic rings. The normalized spacial score (nSPS) is 19.7. The number of alkyl halides is 3. The number of carbonyl (C=O) groups is 1. The topological polar surface area (TPSA) is 58.6 Å². The van der Waals surface area contributed by atoms with Crippen molar-refractivity contribution in [3.8, 4) is 0 Å². The van der Waals surface area contributed by atoms with Crippen LogP contribution in [0.5, 0.6) is 0 Å². The molecule has 0 aromatic carbocycles. The van der Waals surface area contributed by atoms with Gasteiger partial charge in [-0.25, -0.2) is 0 Å². The summed E-state index contributed by atoms with van der Waals surface area (Å²) in [5, 5.41) is 0. The molecule has 2 aromatic heterocycles. The summed E-state index contributed by atoms with van der Waals surface area (Å²) in [6.07, 6.45) is 0.691. The van der Waals surface area contributed by atoms with Crippen molar-refractivity contribution in [3.63, 3.8) is 0 Å². The molecule has 0 aliphatic carbocycles. The van der Waals surface area contributed by atoms with Crippen molar-refractivity contribution in [2.24, 2.45) is 0 Å². The summed E-state index contributed by atoms with van der Waals surface area (Å²) in [7, 11) is 0. The van der Waals surface area contributed by atoms with Crippen molar-refractivity contribution in [1.29, 1.82) is 0 Å². The third kappa shape index (κ3) is 5.40. The summed E-state index contributed by atoms with van der Waals surface area (Å²) < 4.78 is 44.2. The smallest absolute Gasteiger partial charge is 0.363 e. The second kappa shape index (κ2) is 8.92. The summed E-state index contributed by atoms with van der Waals surface area (Å²) in [6, 6.07) is 8.25. The molecule has 9 heteroatoms. The molecule has 0 N–H and O–H groups in total. The van der Waals surface area contributed by atoms with Crippen LogP contribution in [0.25, 0.3) is 0 Å². The first-order chi connectivity index (χ1) is 14.8. The first-order valence-electron chi connectivity index (χ1n) is 10.4. The van der Waals surface area contributed by atoms with Gasteiger partial charge in [-0.3, -0.25) is 14.8 Å². The minimum absolute atomic E-state index is 0.00539. The van der Waals surface area contributed by atoms with Crippen LogP contribution in [0.1, 0.15) is 29.8 Å². The number of hydrogen-bond acceptors (Lipinski definition) is 5. The van der Waals surface area contributed by atoms with Gasteiger partial charge in [-0.1, -0.05) is 6.07 Å². The van der Waals surface area contributed by atoms with Gasteiger partial charge in [0.2, 0.25) is 5.91 Å². The number of pyridine rings is 2. The highest BCUT2D eigenvalue weighted by molar-refractivity contribution is 5.78. The second-order valence-corrected chi connectivity index (χ2v) is 8.17. The molecule has 0 atom stereocenters. The van der Waals surface area contributed by atoms with E-state index in [0.717, 1.165) is 56.9 Å². The average Bonchev–Trinajstić information content (AvgIpc) is 2.77. The number of piperidine rings is 1. The lowest BCUT2D eigenvalue weighted by atomic mass is 9.89. The molecule has 2 aliphatic heterocycles. The number of ether oxygens (including phenoxy) is 1. The Kier molecular flexibility index (Phi) is 6.24. The van der Waals surface area contributed by atoms with Crippen LogP contribution in [0.2, 0.25) is 0 Å². The van der Waals surface area contributed by atoms with Crippen LogP contribution in [0.15, 0.2) is 42.7 Å². The molecule has 0 bridgehead atoms. The number of likely N-dealkylation sites (tertiary alicyclic amines) is 1. The summed E-state index contributed by atoms with van der Waals surface area (Å²) in [6.45, 7) is 3.27. The molecule has 166 valence electrons. The Bertz CT molecular complexity index is 882. The van der Waals surface area contributed by atoms with Crippen LogP contribution in [-0.2, 0) is 28.7 Å². The van der Waals surface area contributed by atoms with E-state index < -0.39 is 17.3 Å². The Morgan fingerprint density at radius 2 is 1.87 bits per heavy atom. The largest absolute Gasteiger partial charge is 0.417 e. The molecule has 0 radical (unpaired) electrons. The summed E-state index contributed by atoms with van der Waals surface area (Å²) in [4.78, 5) is 24.6. The zero-order valence-electron chi connectivity index (χ0n) is 17.1.